The number of amides is 1. The first-order valence-electron chi connectivity index (χ1n) is 7.46. The summed E-state index contributed by atoms with van der Waals surface area (Å²) in [7, 11) is 1.67. The monoisotopic (exact) mass is 284 g/mol. The molecular weight excluding hydrogens is 252 g/mol. The van der Waals surface area contributed by atoms with Gasteiger partial charge in [0.2, 0.25) is 5.91 Å². The van der Waals surface area contributed by atoms with Crippen molar-refractivity contribution in [3.63, 3.8) is 0 Å². The summed E-state index contributed by atoms with van der Waals surface area (Å²) in [4.78, 5) is 18.2. The summed E-state index contributed by atoms with van der Waals surface area (Å²) in [5.74, 6) is 0.341. The molecule has 0 heterocycles. The highest BCUT2D eigenvalue weighted by Crippen LogP contribution is 2.29. The fourth-order valence-corrected chi connectivity index (χ4v) is 2.31. The first kappa shape index (κ1) is 19.1. The summed E-state index contributed by atoms with van der Waals surface area (Å²) < 4.78 is 0. The Kier molecular flexibility index (Phi) is 8.06. The Balaban J connectivity index is 5.62. The van der Waals surface area contributed by atoms with Crippen LogP contribution in [0.15, 0.2) is 12.2 Å². The molecule has 2 atom stereocenters. The highest BCUT2D eigenvalue weighted by atomic mass is 16.7. The van der Waals surface area contributed by atoms with Gasteiger partial charge in [-0.05, 0) is 25.2 Å². The minimum atomic E-state index is -0.337. The van der Waals surface area contributed by atoms with Crippen molar-refractivity contribution in [3.8, 4) is 0 Å². The highest BCUT2D eigenvalue weighted by molar-refractivity contribution is 5.82. The van der Waals surface area contributed by atoms with Crippen molar-refractivity contribution >= 4 is 5.91 Å². The number of hydrogen-bond acceptors (Lipinski definition) is 3. The summed E-state index contributed by atoms with van der Waals surface area (Å²) in [6.45, 7) is 14.9. The second kappa shape index (κ2) is 8.42. The van der Waals surface area contributed by atoms with Gasteiger partial charge in [-0.3, -0.25) is 9.63 Å². The molecule has 1 unspecified atom stereocenters. The molecule has 0 saturated carbocycles. The van der Waals surface area contributed by atoms with Gasteiger partial charge < -0.3 is 5.32 Å². The van der Waals surface area contributed by atoms with E-state index in [9.17, 15) is 4.79 Å². The van der Waals surface area contributed by atoms with Crippen LogP contribution in [0.3, 0.4) is 0 Å². The molecule has 0 saturated heterocycles. The molecule has 1 N–H and O–H groups in total. The van der Waals surface area contributed by atoms with Crippen LogP contribution in [-0.4, -0.2) is 36.7 Å². The maximum Gasteiger partial charge on any atom is 0.240 e. The van der Waals surface area contributed by atoms with Gasteiger partial charge in [0.1, 0.15) is 6.04 Å². The number of allylic oxidation sites excluding steroid dienone is 1. The summed E-state index contributed by atoms with van der Waals surface area (Å²) >= 11 is 0. The molecule has 0 aliphatic heterocycles. The smallest absolute Gasteiger partial charge is 0.240 e. The van der Waals surface area contributed by atoms with Gasteiger partial charge in [0.15, 0.2) is 0 Å². The van der Waals surface area contributed by atoms with E-state index in [0.29, 0.717) is 12.5 Å². The second-order valence-electron chi connectivity index (χ2n) is 6.42. The molecule has 20 heavy (non-hydrogen) atoms. The third-order valence-electron chi connectivity index (χ3n) is 3.21. The van der Waals surface area contributed by atoms with E-state index in [1.54, 1.807) is 7.05 Å². The van der Waals surface area contributed by atoms with Gasteiger partial charge in [0.25, 0.3) is 0 Å². The largest absolute Gasteiger partial charge is 0.358 e. The summed E-state index contributed by atoms with van der Waals surface area (Å²) in [5.41, 5.74) is -0.218. The van der Waals surface area contributed by atoms with Gasteiger partial charge in [-0.1, -0.05) is 46.8 Å². The van der Waals surface area contributed by atoms with Gasteiger partial charge in [-0.25, -0.2) is 0 Å². The lowest BCUT2D eigenvalue weighted by atomic mass is 9.84. The minimum absolute atomic E-state index is 0.0129. The van der Waals surface area contributed by atoms with Crippen molar-refractivity contribution in [1.29, 1.82) is 0 Å². The van der Waals surface area contributed by atoms with Gasteiger partial charge >= 0.3 is 0 Å². The van der Waals surface area contributed by atoms with Crippen molar-refractivity contribution in [2.24, 2.45) is 11.3 Å². The number of hydrogen-bond donors (Lipinski definition) is 1. The Hall–Kier alpha value is -0.870. The lowest BCUT2D eigenvalue weighted by molar-refractivity contribution is -0.224. The molecule has 0 aromatic heterocycles. The van der Waals surface area contributed by atoms with Crippen molar-refractivity contribution < 1.29 is 9.63 Å². The van der Waals surface area contributed by atoms with Gasteiger partial charge in [0, 0.05) is 7.05 Å². The van der Waals surface area contributed by atoms with E-state index in [2.05, 4.69) is 46.0 Å². The maximum atomic E-state index is 12.3. The lowest BCUT2D eigenvalue weighted by Gasteiger charge is -2.42. The van der Waals surface area contributed by atoms with Crippen LogP contribution in [0.1, 0.15) is 48.5 Å². The molecule has 0 radical (unpaired) electrons. The van der Waals surface area contributed by atoms with Crippen LogP contribution in [0.25, 0.3) is 0 Å². The third kappa shape index (κ3) is 5.25. The average Bonchev–Trinajstić information content (AvgIpc) is 2.33. The fraction of sp³-hybridized carbons (Fsp3) is 0.812. The van der Waals surface area contributed by atoms with Crippen LogP contribution >= 0.6 is 0 Å². The summed E-state index contributed by atoms with van der Waals surface area (Å²) in [5, 5.41) is 4.63. The number of nitrogens with zero attached hydrogens (tertiary/aromatic N) is 1. The molecule has 0 aromatic carbocycles. The Morgan fingerprint density at radius 1 is 1.35 bits per heavy atom. The van der Waals surface area contributed by atoms with Gasteiger partial charge in [-0.2, -0.15) is 5.06 Å². The van der Waals surface area contributed by atoms with Crippen molar-refractivity contribution in [1.82, 2.24) is 10.4 Å². The van der Waals surface area contributed by atoms with E-state index in [1.807, 2.05) is 25.0 Å². The fourth-order valence-electron chi connectivity index (χ4n) is 2.31. The number of nitrogens with one attached hydrogen (secondary N) is 1. The first-order chi connectivity index (χ1) is 9.20. The lowest BCUT2D eigenvalue weighted by Crippen LogP contribution is -2.57. The molecule has 0 spiro atoms. The summed E-state index contributed by atoms with van der Waals surface area (Å²) in [6, 6.07) is -0.266. The number of carbonyl (C=O) groups is 1. The number of carbonyl (C=O) groups excluding carboxylic acids is 1. The molecule has 4 heteroatoms. The average molecular weight is 284 g/mol. The zero-order valence-corrected chi connectivity index (χ0v) is 14.4. The Bertz CT molecular complexity index is 319. The molecule has 1 amide bonds. The Labute approximate surface area is 124 Å². The zero-order chi connectivity index (χ0) is 15.9. The van der Waals surface area contributed by atoms with E-state index in [4.69, 9.17) is 4.84 Å². The number of likely N-dealkylation sites (N-methyl/N-ethyl adjacent to an activating group) is 1. The van der Waals surface area contributed by atoms with Gasteiger partial charge in [0.05, 0.1) is 12.6 Å². The van der Waals surface area contributed by atoms with E-state index >= 15 is 0 Å². The molecular formula is C16H32N2O2. The molecule has 0 fully saturated rings. The predicted octanol–water partition coefficient (Wildman–Crippen LogP) is 3.00. The molecule has 0 aliphatic carbocycles. The Morgan fingerprint density at radius 3 is 2.20 bits per heavy atom. The SMILES string of the molecule is CC=CC(C(C)C)N(OCC)[C@H](C(=O)NC)C(C)(C)C. The van der Waals surface area contributed by atoms with Crippen LogP contribution < -0.4 is 5.32 Å². The van der Waals surface area contributed by atoms with Crippen molar-refractivity contribution in [2.75, 3.05) is 13.7 Å². The molecule has 0 aliphatic rings. The standard InChI is InChI=1S/C16H32N2O2/c1-9-11-13(12(3)4)18(20-10-2)14(15(19)17-8)16(5,6)7/h9,11-14H,10H2,1-8H3,(H,17,19)/t13?,14-/m1/s1. The topological polar surface area (TPSA) is 41.6 Å². The quantitative estimate of drug-likeness (QED) is 0.577. The van der Waals surface area contributed by atoms with Crippen LogP contribution in [0, 0.1) is 11.3 Å². The van der Waals surface area contributed by atoms with Crippen molar-refractivity contribution in [2.45, 2.75) is 60.5 Å². The third-order valence-corrected chi connectivity index (χ3v) is 3.21. The molecule has 4 nitrogen and oxygen atoms in total. The predicted molar refractivity (Wildman–Crippen MR) is 84.2 cm³/mol. The molecule has 0 rings (SSSR count). The van der Waals surface area contributed by atoms with Crippen LogP contribution in [0.2, 0.25) is 0 Å². The highest BCUT2D eigenvalue weighted by Gasteiger charge is 2.40. The van der Waals surface area contributed by atoms with E-state index in [-0.39, 0.29) is 23.4 Å². The zero-order valence-electron chi connectivity index (χ0n) is 14.4. The first-order valence-corrected chi connectivity index (χ1v) is 7.46. The normalized spacial score (nSPS) is 15.9. The minimum Gasteiger partial charge on any atom is -0.358 e. The summed E-state index contributed by atoms with van der Waals surface area (Å²) in [6.07, 6.45) is 4.11. The van der Waals surface area contributed by atoms with Crippen molar-refractivity contribution in [3.05, 3.63) is 12.2 Å². The van der Waals surface area contributed by atoms with Crippen LogP contribution in [0.4, 0.5) is 0 Å². The van der Waals surface area contributed by atoms with Crippen LogP contribution in [-0.2, 0) is 9.63 Å². The Morgan fingerprint density at radius 2 is 1.90 bits per heavy atom. The van der Waals surface area contributed by atoms with E-state index in [0.717, 1.165) is 0 Å². The maximum absolute atomic E-state index is 12.3. The second-order valence-corrected chi connectivity index (χ2v) is 6.42. The van der Waals surface area contributed by atoms with Crippen LogP contribution in [0.5, 0.6) is 0 Å². The number of hydroxylamine groups is 2. The number of rotatable bonds is 7. The van der Waals surface area contributed by atoms with E-state index in [1.165, 1.54) is 0 Å². The molecule has 0 aromatic rings. The molecule has 0 bridgehead atoms. The van der Waals surface area contributed by atoms with Gasteiger partial charge in [-0.15, -0.1) is 0 Å². The molecule has 118 valence electrons. The van der Waals surface area contributed by atoms with E-state index < -0.39 is 0 Å².